The van der Waals surface area contributed by atoms with Crippen LogP contribution in [0.3, 0.4) is 0 Å². The fourth-order valence-electron chi connectivity index (χ4n) is 3.61. The summed E-state index contributed by atoms with van der Waals surface area (Å²) >= 11 is 0. The zero-order chi connectivity index (χ0) is 17.9. The molecular formula is C19H20N4O3. The summed E-state index contributed by atoms with van der Waals surface area (Å²) in [6, 6.07) is 10.7. The Kier molecular flexibility index (Phi) is 4.53. The van der Waals surface area contributed by atoms with E-state index in [4.69, 9.17) is 4.42 Å². The summed E-state index contributed by atoms with van der Waals surface area (Å²) in [7, 11) is 0. The molecule has 0 saturated carbocycles. The van der Waals surface area contributed by atoms with Gasteiger partial charge in [0.2, 0.25) is 0 Å². The van der Waals surface area contributed by atoms with Crippen molar-refractivity contribution >= 4 is 22.3 Å². The molecule has 1 unspecified atom stereocenters. The van der Waals surface area contributed by atoms with E-state index in [1.165, 1.54) is 18.9 Å². The highest BCUT2D eigenvalue weighted by atomic mass is 16.6. The first-order valence-corrected chi connectivity index (χ1v) is 8.77. The molecule has 3 heterocycles. The first kappa shape index (κ1) is 16.5. The van der Waals surface area contributed by atoms with E-state index in [9.17, 15) is 10.1 Å². The van der Waals surface area contributed by atoms with E-state index in [0.717, 1.165) is 24.5 Å². The van der Waals surface area contributed by atoms with Crippen LogP contribution in [0.5, 0.6) is 0 Å². The van der Waals surface area contributed by atoms with Gasteiger partial charge in [0, 0.05) is 18.8 Å². The van der Waals surface area contributed by atoms with Crippen LogP contribution in [-0.2, 0) is 0 Å². The minimum Gasteiger partial charge on any atom is -0.468 e. The first-order chi connectivity index (χ1) is 12.7. The summed E-state index contributed by atoms with van der Waals surface area (Å²) in [6.45, 7) is 2.75. The molecule has 1 fully saturated rings. The maximum atomic E-state index is 11.3. The van der Waals surface area contributed by atoms with E-state index in [0.29, 0.717) is 17.4 Å². The summed E-state index contributed by atoms with van der Waals surface area (Å²) in [5.41, 5.74) is 1.48. The lowest BCUT2D eigenvalue weighted by atomic mass is 10.1. The van der Waals surface area contributed by atoms with Gasteiger partial charge in [-0.15, -0.1) is 0 Å². The van der Waals surface area contributed by atoms with Crippen molar-refractivity contribution in [2.24, 2.45) is 0 Å². The van der Waals surface area contributed by atoms with Crippen LogP contribution < -0.4 is 5.32 Å². The lowest BCUT2D eigenvalue weighted by Gasteiger charge is -2.26. The largest absolute Gasteiger partial charge is 0.468 e. The Labute approximate surface area is 150 Å². The Hall–Kier alpha value is -2.93. The van der Waals surface area contributed by atoms with Crippen LogP contribution >= 0.6 is 0 Å². The number of pyridine rings is 1. The summed E-state index contributed by atoms with van der Waals surface area (Å²) < 4.78 is 5.65. The van der Waals surface area contributed by atoms with Crippen molar-refractivity contribution in [3.8, 4) is 0 Å². The smallest absolute Gasteiger partial charge is 0.278 e. The molecule has 0 amide bonds. The SMILES string of the molecule is O=[N+]([O-])c1ccc(NCC(c2ccco2)N2CCCC2)c2ncccc12. The van der Waals surface area contributed by atoms with Gasteiger partial charge in [-0.05, 0) is 56.3 Å². The highest BCUT2D eigenvalue weighted by Crippen LogP contribution is 2.31. The van der Waals surface area contributed by atoms with Crippen LogP contribution in [0.25, 0.3) is 10.9 Å². The summed E-state index contributed by atoms with van der Waals surface area (Å²) in [5, 5.41) is 15.2. The number of likely N-dealkylation sites (tertiary alicyclic amines) is 1. The van der Waals surface area contributed by atoms with Crippen LogP contribution in [0.2, 0.25) is 0 Å². The van der Waals surface area contributed by atoms with E-state index >= 15 is 0 Å². The molecule has 1 aliphatic heterocycles. The Balaban J connectivity index is 1.62. The van der Waals surface area contributed by atoms with Gasteiger partial charge in [0.25, 0.3) is 5.69 Å². The van der Waals surface area contributed by atoms with Gasteiger partial charge in [-0.2, -0.15) is 0 Å². The standard InChI is InChI=1S/C19H20N4O3/c24-23(25)16-8-7-15(19-14(16)5-3-9-20-19)21-13-17(18-6-4-12-26-18)22-10-1-2-11-22/h3-9,12,17,21H,1-2,10-11,13H2. The van der Waals surface area contributed by atoms with Crippen molar-refractivity contribution < 1.29 is 9.34 Å². The van der Waals surface area contributed by atoms with Gasteiger partial charge in [-0.3, -0.25) is 20.0 Å². The number of hydrogen-bond donors (Lipinski definition) is 1. The Morgan fingerprint density at radius 2 is 2.08 bits per heavy atom. The van der Waals surface area contributed by atoms with Crippen molar-refractivity contribution in [2.75, 3.05) is 25.0 Å². The summed E-state index contributed by atoms with van der Waals surface area (Å²) in [5.74, 6) is 0.929. The zero-order valence-corrected chi connectivity index (χ0v) is 14.3. The van der Waals surface area contributed by atoms with E-state index < -0.39 is 0 Å². The van der Waals surface area contributed by atoms with Gasteiger partial charge in [0.15, 0.2) is 0 Å². The average molecular weight is 352 g/mol. The number of nitrogens with zero attached hydrogens (tertiary/aromatic N) is 3. The number of nitro groups is 1. The number of nitrogens with one attached hydrogen (secondary N) is 1. The average Bonchev–Trinajstić information content (AvgIpc) is 3.36. The molecule has 0 radical (unpaired) electrons. The molecule has 7 heteroatoms. The molecule has 1 aromatic carbocycles. The third kappa shape index (κ3) is 3.13. The predicted octanol–water partition coefficient (Wildman–Crippen LogP) is 3.99. The molecule has 0 aliphatic carbocycles. The van der Waals surface area contributed by atoms with Crippen LogP contribution in [-0.4, -0.2) is 34.4 Å². The van der Waals surface area contributed by atoms with Gasteiger partial charge in [0.05, 0.1) is 28.3 Å². The number of rotatable bonds is 6. The molecule has 1 aliphatic rings. The van der Waals surface area contributed by atoms with Gasteiger partial charge in [-0.25, -0.2) is 0 Å². The molecule has 0 bridgehead atoms. The lowest BCUT2D eigenvalue weighted by Crippen LogP contribution is -2.30. The molecular weight excluding hydrogens is 332 g/mol. The molecule has 7 nitrogen and oxygen atoms in total. The van der Waals surface area contributed by atoms with E-state index in [-0.39, 0.29) is 16.7 Å². The van der Waals surface area contributed by atoms with Crippen molar-refractivity contribution in [3.63, 3.8) is 0 Å². The van der Waals surface area contributed by atoms with Crippen LogP contribution in [0.15, 0.2) is 53.3 Å². The maximum Gasteiger partial charge on any atom is 0.278 e. The number of non-ortho nitro benzene ring substituents is 1. The van der Waals surface area contributed by atoms with E-state index in [1.807, 2.05) is 12.1 Å². The van der Waals surface area contributed by atoms with Crippen molar-refractivity contribution in [1.82, 2.24) is 9.88 Å². The lowest BCUT2D eigenvalue weighted by molar-refractivity contribution is -0.383. The number of anilines is 1. The van der Waals surface area contributed by atoms with Crippen LogP contribution in [0.1, 0.15) is 24.6 Å². The van der Waals surface area contributed by atoms with E-state index in [1.54, 1.807) is 30.7 Å². The third-order valence-corrected chi connectivity index (χ3v) is 4.88. The Morgan fingerprint density at radius 3 is 2.81 bits per heavy atom. The zero-order valence-electron chi connectivity index (χ0n) is 14.3. The van der Waals surface area contributed by atoms with Gasteiger partial charge in [-0.1, -0.05) is 0 Å². The number of nitro benzene ring substituents is 1. The van der Waals surface area contributed by atoms with Gasteiger partial charge in [0.1, 0.15) is 11.3 Å². The molecule has 1 saturated heterocycles. The maximum absolute atomic E-state index is 11.3. The van der Waals surface area contributed by atoms with Gasteiger partial charge >= 0.3 is 0 Å². The van der Waals surface area contributed by atoms with Crippen molar-refractivity contribution in [2.45, 2.75) is 18.9 Å². The van der Waals surface area contributed by atoms with Crippen molar-refractivity contribution in [3.05, 3.63) is 64.7 Å². The molecule has 134 valence electrons. The fourth-order valence-corrected chi connectivity index (χ4v) is 3.61. The molecule has 1 N–H and O–H groups in total. The topological polar surface area (TPSA) is 84.4 Å². The molecule has 3 aromatic rings. The van der Waals surface area contributed by atoms with Crippen LogP contribution in [0.4, 0.5) is 11.4 Å². The minimum atomic E-state index is -0.371. The number of hydrogen-bond acceptors (Lipinski definition) is 6. The third-order valence-electron chi connectivity index (χ3n) is 4.88. The number of benzene rings is 1. The second-order valence-corrected chi connectivity index (χ2v) is 6.44. The fraction of sp³-hybridized carbons (Fsp3) is 0.316. The Bertz CT molecular complexity index is 904. The molecule has 1 atom stereocenters. The highest BCUT2D eigenvalue weighted by Gasteiger charge is 2.26. The second-order valence-electron chi connectivity index (χ2n) is 6.44. The normalized spacial score (nSPS) is 16.0. The monoisotopic (exact) mass is 352 g/mol. The quantitative estimate of drug-likeness (QED) is 0.533. The molecule has 4 rings (SSSR count). The number of fused-ring (bicyclic) bond motifs is 1. The number of furan rings is 1. The van der Waals surface area contributed by atoms with E-state index in [2.05, 4.69) is 15.2 Å². The summed E-state index contributed by atoms with van der Waals surface area (Å²) in [4.78, 5) is 17.7. The molecule has 0 spiro atoms. The van der Waals surface area contributed by atoms with Crippen molar-refractivity contribution in [1.29, 1.82) is 0 Å². The summed E-state index contributed by atoms with van der Waals surface area (Å²) in [6.07, 6.45) is 5.74. The Morgan fingerprint density at radius 1 is 1.23 bits per heavy atom. The highest BCUT2D eigenvalue weighted by molar-refractivity contribution is 5.96. The first-order valence-electron chi connectivity index (χ1n) is 8.77. The predicted molar refractivity (Wildman–Crippen MR) is 99.1 cm³/mol. The number of aromatic nitrogens is 1. The molecule has 26 heavy (non-hydrogen) atoms. The second kappa shape index (κ2) is 7.13. The molecule has 2 aromatic heterocycles. The van der Waals surface area contributed by atoms with Gasteiger partial charge < -0.3 is 9.73 Å². The van der Waals surface area contributed by atoms with Crippen LogP contribution in [0, 0.1) is 10.1 Å². The minimum absolute atomic E-state index is 0.0702.